The van der Waals surface area contributed by atoms with Gasteiger partial charge < -0.3 is 19.8 Å². The van der Waals surface area contributed by atoms with Gasteiger partial charge in [0.2, 0.25) is 5.91 Å². The zero-order valence-electron chi connectivity index (χ0n) is 35.1. The van der Waals surface area contributed by atoms with Crippen LogP contribution in [0.15, 0.2) is 12.2 Å². The van der Waals surface area contributed by atoms with Crippen LogP contribution in [0.3, 0.4) is 0 Å². The molecule has 0 aliphatic carbocycles. The summed E-state index contributed by atoms with van der Waals surface area (Å²) in [5, 5.41) is 13.9. The van der Waals surface area contributed by atoms with Gasteiger partial charge >= 0.3 is 7.82 Å². The van der Waals surface area contributed by atoms with Gasteiger partial charge in [0.05, 0.1) is 39.9 Å². The molecule has 0 spiro atoms. The molecule has 0 aromatic rings. The summed E-state index contributed by atoms with van der Waals surface area (Å²) in [6.45, 7) is 4.87. The van der Waals surface area contributed by atoms with Crippen LogP contribution >= 0.6 is 7.82 Å². The molecule has 3 atom stereocenters. The molecule has 0 saturated heterocycles. The number of aliphatic hydroxyl groups is 1. The molecule has 3 unspecified atom stereocenters. The van der Waals surface area contributed by atoms with E-state index in [1.807, 2.05) is 21.1 Å². The Morgan fingerprint density at radius 1 is 0.635 bits per heavy atom. The van der Waals surface area contributed by atoms with Crippen LogP contribution in [-0.4, -0.2) is 73.4 Å². The molecule has 0 aliphatic heterocycles. The number of unbranched alkanes of at least 4 members (excludes halogenated alkanes) is 25. The van der Waals surface area contributed by atoms with Crippen molar-refractivity contribution in [2.24, 2.45) is 0 Å². The van der Waals surface area contributed by atoms with E-state index in [2.05, 4.69) is 31.3 Å². The number of carbonyl (C=O) groups excluding carboxylic acids is 1. The molecule has 0 radical (unpaired) electrons. The first kappa shape index (κ1) is 51.2. The molecule has 0 aromatic carbocycles. The zero-order valence-corrected chi connectivity index (χ0v) is 36.0. The summed E-state index contributed by atoms with van der Waals surface area (Å²) in [7, 11) is 1.61. The SMILES string of the molecule is CCCCCCCC/C=C\CCCCCC(=O)NC(COP(=O)(O)OCC[N+](C)(C)C)C(O)CCCCCCCCCCCCCCCCCCC. The predicted octanol–water partition coefficient (Wildman–Crippen LogP) is 12.0. The molecule has 310 valence electrons. The molecule has 0 aliphatic rings. The minimum atomic E-state index is -4.31. The number of amides is 1. The summed E-state index contributed by atoms with van der Waals surface area (Å²) >= 11 is 0. The lowest BCUT2D eigenvalue weighted by Gasteiger charge is -2.26. The maximum Gasteiger partial charge on any atom is 0.472 e. The highest BCUT2D eigenvalue weighted by atomic mass is 31.2. The van der Waals surface area contributed by atoms with E-state index in [1.165, 1.54) is 128 Å². The Kier molecular flexibility index (Phi) is 35.4. The van der Waals surface area contributed by atoms with E-state index in [-0.39, 0.29) is 19.1 Å². The fraction of sp³-hybridized carbons (Fsp3) is 0.930. The highest BCUT2D eigenvalue weighted by Crippen LogP contribution is 2.43. The van der Waals surface area contributed by atoms with Crippen molar-refractivity contribution in [3.8, 4) is 0 Å². The van der Waals surface area contributed by atoms with Gasteiger partial charge in [-0.2, -0.15) is 0 Å². The molecule has 52 heavy (non-hydrogen) atoms. The maximum absolute atomic E-state index is 12.8. The largest absolute Gasteiger partial charge is 0.472 e. The minimum absolute atomic E-state index is 0.0738. The Labute approximate surface area is 322 Å². The number of phosphoric acid groups is 1. The highest BCUT2D eigenvalue weighted by molar-refractivity contribution is 7.47. The van der Waals surface area contributed by atoms with Crippen LogP contribution in [0.25, 0.3) is 0 Å². The molecule has 3 N–H and O–H groups in total. The molecule has 0 rings (SSSR count). The third kappa shape index (κ3) is 37.6. The van der Waals surface area contributed by atoms with Crippen molar-refractivity contribution in [1.29, 1.82) is 0 Å². The monoisotopic (exact) mass is 760 g/mol. The van der Waals surface area contributed by atoms with Gasteiger partial charge in [0, 0.05) is 6.42 Å². The number of nitrogens with zero attached hydrogens (tertiary/aromatic N) is 1. The van der Waals surface area contributed by atoms with Gasteiger partial charge in [-0.15, -0.1) is 0 Å². The van der Waals surface area contributed by atoms with Crippen LogP contribution in [0.1, 0.15) is 206 Å². The van der Waals surface area contributed by atoms with E-state index in [0.717, 1.165) is 51.4 Å². The first-order valence-electron chi connectivity index (χ1n) is 22.1. The Bertz CT molecular complexity index is 865. The topological polar surface area (TPSA) is 105 Å². The van der Waals surface area contributed by atoms with Crippen LogP contribution < -0.4 is 5.32 Å². The van der Waals surface area contributed by atoms with Crippen molar-refractivity contribution in [2.75, 3.05) is 40.9 Å². The Morgan fingerprint density at radius 3 is 1.48 bits per heavy atom. The number of nitrogens with one attached hydrogen (secondary N) is 1. The average Bonchev–Trinajstić information content (AvgIpc) is 3.09. The zero-order chi connectivity index (χ0) is 38.6. The minimum Gasteiger partial charge on any atom is -0.391 e. The van der Waals surface area contributed by atoms with E-state index in [0.29, 0.717) is 23.9 Å². The highest BCUT2D eigenvalue weighted by Gasteiger charge is 2.28. The number of hydrogen-bond donors (Lipinski definition) is 3. The molecule has 0 fully saturated rings. The Balaban J connectivity index is 4.37. The summed E-state index contributed by atoms with van der Waals surface area (Å²) in [6, 6.07) is -0.763. The van der Waals surface area contributed by atoms with Crippen molar-refractivity contribution in [1.82, 2.24) is 5.32 Å². The lowest BCUT2D eigenvalue weighted by atomic mass is 10.0. The predicted molar refractivity (Wildman–Crippen MR) is 222 cm³/mol. The molecule has 0 aromatic heterocycles. The Morgan fingerprint density at radius 2 is 1.04 bits per heavy atom. The van der Waals surface area contributed by atoms with Crippen molar-refractivity contribution in [3.63, 3.8) is 0 Å². The summed E-state index contributed by atoms with van der Waals surface area (Å²) in [5.41, 5.74) is 0. The number of carbonyl (C=O) groups is 1. The Hall–Kier alpha value is -0.760. The van der Waals surface area contributed by atoms with E-state index in [1.54, 1.807) is 0 Å². The summed E-state index contributed by atoms with van der Waals surface area (Å²) in [6.07, 6.45) is 39.5. The molecular formula is C43H88N2O6P+. The molecule has 0 heterocycles. The van der Waals surface area contributed by atoms with E-state index >= 15 is 0 Å². The van der Waals surface area contributed by atoms with Crippen LogP contribution in [0.4, 0.5) is 0 Å². The van der Waals surface area contributed by atoms with Crippen LogP contribution in [0, 0.1) is 0 Å². The summed E-state index contributed by atoms with van der Waals surface area (Å²) < 4.78 is 23.6. The fourth-order valence-electron chi connectivity index (χ4n) is 6.45. The maximum atomic E-state index is 12.8. The number of phosphoric ester groups is 1. The third-order valence-corrected chi connectivity index (χ3v) is 11.0. The second kappa shape index (κ2) is 35.9. The van der Waals surface area contributed by atoms with E-state index < -0.39 is 20.0 Å². The molecule has 9 heteroatoms. The molecular weight excluding hydrogens is 671 g/mol. The van der Waals surface area contributed by atoms with Gasteiger partial charge in [-0.3, -0.25) is 13.8 Å². The lowest BCUT2D eigenvalue weighted by molar-refractivity contribution is -0.870. The lowest BCUT2D eigenvalue weighted by Crippen LogP contribution is -2.46. The summed E-state index contributed by atoms with van der Waals surface area (Å²) in [5.74, 6) is -0.160. The second-order valence-electron chi connectivity index (χ2n) is 16.4. The fourth-order valence-corrected chi connectivity index (χ4v) is 7.19. The normalized spacial score (nSPS) is 14.5. The third-order valence-electron chi connectivity index (χ3n) is 10.0. The number of aliphatic hydroxyl groups excluding tert-OH is 1. The molecule has 1 amide bonds. The first-order chi connectivity index (χ1) is 25.0. The van der Waals surface area contributed by atoms with Crippen molar-refractivity contribution < 1.29 is 32.9 Å². The molecule has 0 bridgehead atoms. The van der Waals surface area contributed by atoms with E-state index in [9.17, 15) is 19.4 Å². The van der Waals surface area contributed by atoms with Gasteiger partial charge in [0.1, 0.15) is 13.2 Å². The number of hydrogen-bond acceptors (Lipinski definition) is 5. The number of quaternary nitrogens is 1. The van der Waals surface area contributed by atoms with Crippen LogP contribution in [-0.2, 0) is 18.4 Å². The van der Waals surface area contributed by atoms with Crippen molar-refractivity contribution >= 4 is 13.7 Å². The number of allylic oxidation sites excluding steroid dienone is 2. The average molecular weight is 760 g/mol. The van der Waals surface area contributed by atoms with E-state index in [4.69, 9.17) is 9.05 Å². The van der Waals surface area contributed by atoms with Crippen molar-refractivity contribution in [3.05, 3.63) is 12.2 Å². The van der Waals surface area contributed by atoms with Gasteiger partial charge in [0.25, 0.3) is 0 Å². The van der Waals surface area contributed by atoms with Gasteiger partial charge in [-0.25, -0.2) is 4.57 Å². The smallest absolute Gasteiger partial charge is 0.391 e. The van der Waals surface area contributed by atoms with Gasteiger partial charge in [-0.05, 0) is 38.5 Å². The summed E-state index contributed by atoms with van der Waals surface area (Å²) in [4.78, 5) is 23.1. The standard InChI is InChI=1S/C43H87N2O6P/c1-6-8-10-12-14-16-18-20-21-22-23-25-26-28-30-32-34-36-42(46)41(40-51-52(48,49)50-39-38-45(3,4)5)44-43(47)37-35-33-31-29-27-24-19-17-15-13-11-9-7-2/h24,27,41-42,46H,6-23,25-26,28-40H2,1-5H3,(H-,44,47,48,49)/p+1/b27-24-. The quantitative estimate of drug-likeness (QED) is 0.0249. The van der Waals surface area contributed by atoms with Crippen molar-refractivity contribution in [2.45, 2.75) is 219 Å². The van der Waals surface area contributed by atoms with Gasteiger partial charge in [-0.1, -0.05) is 174 Å². The van der Waals surface area contributed by atoms with Crippen LogP contribution in [0.2, 0.25) is 0 Å². The van der Waals surface area contributed by atoms with Crippen LogP contribution in [0.5, 0.6) is 0 Å². The molecule has 0 saturated carbocycles. The second-order valence-corrected chi connectivity index (χ2v) is 17.9. The molecule has 8 nitrogen and oxygen atoms in total. The number of likely N-dealkylation sites (N-methyl/N-ethyl adjacent to an activating group) is 1. The number of rotatable bonds is 40. The van der Waals surface area contributed by atoms with Gasteiger partial charge in [0.15, 0.2) is 0 Å². The first-order valence-corrected chi connectivity index (χ1v) is 23.5.